The Hall–Kier alpha value is -2.26. The topological polar surface area (TPSA) is 92.2 Å². The quantitative estimate of drug-likeness (QED) is 0.494. The van der Waals surface area contributed by atoms with E-state index in [1.54, 1.807) is 0 Å². The lowest BCUT2D eigenvalue weighted by Gasteiger charge is -2.11. The van der Waals surface area contributed by atoms with Gasteiger partial charge in [0.1, 0.15) is 12.1 Å². The number of phenolic OH excluding ortho intramolecular Hbond substituents is 1. The van der Waals surface area contributed by atoms with Crippen molar-refractivity contribution in [2.45, 2.75) is 6.18 Å². The molecule has 0 bridgehead atoms. The normalized spacial score (nSPS) is 10.2. The number of halogens is 4. The van der Waals surface area contributed by atoms with E-state index in [1.807, 2.05) is 5.43 Å². The molecule has 0 unspecified atom stereocenters. The lowest BCUT2D eigenvalue weighted by atomic mass is 10.2. The summed E-state index contributed by atoms with van der Waals surface area (Å²) < 4.78 is 37.4. The van der Waals surface area contributed by atoms with Crippen LogP contribution in [0.1, 0.15) is 5.56 Å². The molecule has 1 rings (SSSR count). The summed E-state index contributed by atoms with van der Waals surface area (Å²) in [6.45, 7) is 0. The first-order valence-electron chi connectivity index (χ1n) is 4.53. The lowest BCUT2D eigenvalue weighted by molar-refractivity contribution is -0.137. The molecule has 1 aromatic carbocycles. The Morgan fingerprint density at radius 1 is 1.32 bits per heavy atom. The Labute approximate surface area is 113 Å². The Bertz CT molecular complexity index is 597. The molecule has 0 spiro atoms. The third kappa shape index (κ3) is 3.60. The van der Waals surface area contributed by atoms with Crippen LogP contribution in [-0.2, 0) is 6.18 Å². The van der Waals surface area contributed by atoms with Crippen LogP contribution in [0.4, 0.5) is 18.9 Å². The molecule has 0 saturated carbocycles. The van der Waals surface area contributed by atoms with Gasteiger partial charge >= 0.3 is 6.18 Å². The van der Waals surface area contributed by atoms with Crippen molar-refractivity contribution in [2.24, 2.45) is 5.10 Å². The molecule has 1 aromatic rings. The zero-order valence-electron chi connectivity index (χ0n) is 8.96. The van der Waals surface area contributed by atoms with Crippen molar-refractivity contribution in [3.05, 3.63) is 22.2 Å². The smallest absolute Gasteiger partial charge is 0.416 e. The average Bonchev–Trinajstić information content (AvgIpc) is 2.33. The predicted molar refractivity (Wildman–Crippen MR) is 63.1 cm³/mol. The number of aromatic hydroxyl groups is 1. The number of rotatable bonds is 2. The molecule has 0 amide bonds. The zero-order valence-corrected chi connectivity index (χ0v) is 10.5. The van der Waals surface area contributed by atoms with Crippen LogP contribution < -0.4 is 5.43 Å². The van der Waals surface area contributed by atoms with Gasteiger partial charge in [-0.05, 0) is 28.1 Å². The number of nitriles is 2. The van der Waals surface area contributed by atoms with Gasteiger partial charge in [-0.15, -0.1) is 0 Å². The standard InChI is InChI=1S/C10H4BrF3N4O/c11-7-1-5(10(12,13)14)2-8(9(7)19)18-17-6(3-15)4-16/h1-2,18-19H. The SMILES string of the molecule is N#CC(C#N)=NNc1cc(C(F)(F)F)cc(Br)c1O. The number of anilines is 1. The molecule has 5 nitrogen and oxygen atoms in total. The molecule has 0 aliphatic heterocycles. The van der Waals surface area contributed by atoms with Gasteiger partial charge in [0.05, 0.1) is 15.7 Å². The van der Waals surface area contributed by atoms with Crippen molar-refractivity contribution in [2.75, 3.05) is 5.43 Å². The second-order valence-corrected chi connectivity index (χ2v) is 4.00. The minimum absolute atomic E-state index is 0.199. The highest BCUT2D eigenvalue weighted by Gasteiger charge is 2.32. The second-order valence-electron chi connectivity index (χ2n) is 3.15. The van der Waals surface area contributed by atoms with E-state index < -0.39 is 23.2 Å². The van der Waals surface area contributed by atoms with Crippen LogP contribution in [0.25, 0.3) is 0 Å². The van der Waals surface area contributed by atoms with E-state index in [2.05, 4.69) is 21.0 Å². The van der Waals surface area contributed by atoms with Crippen LogP contribution >= 0.6 is 15.9 Å². The molecule has 0 atom stereocenters. The van der Waals surface area contributed by atoms with Crippen molar-refractivity contribution in [1.29, 1.82) is 10.5 Å². The van der Waals surface area contributed by atoms with Crippen LogP contribution in [0.3, 0.4) is 0 Å². The molecule has 9 heteroatoms. The van der Waals surface area contributed by atoms with Crippen molar-refractivity contribution in [1.82, 2.24) is 0 Å². The Morgan fingerprint density at radius 3 is 2.37 bits per heavy atom. The molecule has 0 fully saturated rings. The summed E-state index contributed by atoms with van der Waals surface area (Å²) in [6, 6.07) is 4.12. The molecule has 0 aliphatic rings. The molecular weight excluding hydrogens is 329 g/mol. The van der Waals surface area contributed by atoms with Crippen LogP contribution in [0.2, 0.25) is 0 Å². The van der Waals surface area contributed by atoms with Crippen LogP contribution in [0.5, 0.6) is 5.75 Å². The summed E-state index contributed by atoms with van der Waals surface area (Å²) in [5.41, 5.74) is 0.0339. The number of hydrazone groups is 1. The maximum Gasteiger partial charge on any atom is 0.416 e. The van der Waals surface area contributed by atoms with Crippen molar-refractivity contribution >= 4 is 27.3 Å². The van der Waals surface area contributed by atoms with Crippen LogP contribution in [0.15, 0.2) is 21.7 Å². The fraction of sp³-hybridized carbons (Fsp3) is 0.100. The summed E-state index contributed by atoms with van der Waals surface area (Å²) in [6.07, 6.45) is -4.61. The average molecular weight is 333 g/mol. The number of hydrogen-bond donors (Lipinski definition) is 2. The van der Waals surface area contributed by atoms with Gasteiger partial charge in [0, 0.05) is 0 Å². The Morgan fingerprint density at radius 2 is 1.89 bits per heavy atom. The number of benzene rings is 1. The fourth-order valence-corrected chi connectivity index (χ4v) is 1.50. The zero-order chi connectivity index (χ0) is 14.6. The molecule has 0 radical (unpaired) electrons. The molecule has 19 heavy (non-hydrogen) atoms. The largest absolute Gasteiger partial charge is 0.505 e. The van der Waals surface area contributed by atoms with E-state index in [9.17, 15) is 18.3 Å². The van der Waals surface area contributed by atoms with E-state index in [4.69, 9.17) is 10.5 Å². The summed E-state index contributed by atoms with van der Waals surface area (Å²) in [4.78, 5) is 0. The number of nitrogens with zero attached hydrogens (tertiary/aromatic N) is 3. The molecule has 98 valence electrons. The van der Waals surface area contributed by atoms with Crippen LogP contribution in [-0.4, -0.2) is 10.8 Å². The summed E-state index contributed by atoms with van der Waals surface area (Å²) in [5.74, 6) is -0.521. The van der Waals surface area contributed by atoms with Gasteiger partial charge in [-0.2, -0.15) is 28.8 Å². The molecular formula is C10H4BrF3N4O. The van der Waals surface area contributed by atoms with Gasteiger partial charge in [-0.3, -0.25) is 5.43 Å². The first-order chi connectivity index (χ1) is 8.79. The fourth-order valence-electron chi connectivity index (χ4n) is 1.04. The Kier molecular flexibility index (Phi) is 4.35. The van der Waals surface area contributed by atoms with Gasteiger partial charge < -0.3 is 5.11 Å². The third-order valence-corrected chi connectivity index (χ3v) is 2.50. The van der Waals surface area contributed by atoms with E-state index in [0.717, 1.165) is 0 Å². The first kappa shape index (κ1) is 14.8. The van der Waals surface area contributed by atoms with Crippen LogP contribution in [0, 0.1) is 22.7 Å². The number of nitrogens with one attached hydrogen (secondary N) is 1. The summed E-state index contributed by atoms with van der Waals surface area (Å²) in [7, 11) is 0. The maximum absolute atomic E-state index is 12.5. The summed E-state index contributed by atoms with van der Waals surface area (Å²) >= 11 is 2.76. The second kappa shape index (κ2) is 5.59. The lowest BCUT2D eigenvalue weighted by Crippen LogP contribution is -2.06. The molecule has 0 saturated heterocycles. The van der Waals surface area contributed by atoms with Gasteiger partial charge in [0.25, 0.3) is 0 Å². The van der Waals surface area contributed by atoms with Gasteiger partial charge in [0.15, 0.2) is 5.75 Å². The number of phenols is 1. The van der Waals surface area contributed by atoms with E-state index in [0.29, 0.717) is 12.1 Å². The van der Waals surface area contributed by atoms with Gasteiger partial charge in [0.2, 0.25) is 5.71 Å². The predicted octanol–water partition coefficient (Wildman–Crippen LogP) is 2.99. The first-order valence-corrected chi connectivity index (χ1v) is 5.32. The number of alkyl halides is 3. The number of hydrogen-bond acceptors (Lipinski definition) is 5. The molecule has 0 aromatic heterocycles. The minimum atomic E-state index is -4.61. The summed E-state index contributed by atoms with van der Waals surface area (Å²) in [5, 5.41) is 29.6. The molecule has 2 N–H and O–H groups in total. The van der Waals surface area contributed by atoms with Crippen molar-refractivity contribution in [3.63, 3.8) is 0 Å². The van der Waals surface area contributed by atoms with E-state index in [-0.39, 0.29) is 10.2 Å². The highest BCUT2D eigenvalue weighted by molar-refractivity contribution is 9.10. The highest BCUT2D eigenvalue weighted by Crippen LogP contribution is 2.39. The maximum atomic E-state index is 12.5. The monoisotopic (exact) mass is 332 g/mol. The van der Waals surface area contributed by atoms with E-state index in [1.165, 1.54) is 12.1 Å². The molecule has 0 aliphatic carbocycles. The molecule has 0 heterocycles. The van der Waals surface area contributed by atoms with Crippen molar-refractivity contribution < 1.29 is 18.3 Å². The Balaban J connectivity index is 3.23. The highest BCUT2D eigenvalue weighted by atomic mass is 79.9. The minimum Gasteiger partial charge on any atom is -0.505 e. The van der Waals surface area contributed by atoms with Crippen molar-refractivity contribution in [3.8, 4) is 17.9 Å². The van der Waals surface area contributed by atoms with Gasteiger partial charge in [-0.1, -0.05) is 0 Å². The van der Waals surface area contributed by atoms with Gasteiger partial charge in [-0.25, -0.2) is 0 Å². The van der Waals surface area contributed by atoms with E-state index >= 15 is 0 Å². The third-order valence-electron chi connectivity index (χ3n) is 1.89.